The van der Waals surface area contributed by atoms with Gasteiger partial charge in [-0.3, -0.25) is 0 Å². The summed E-state index contributed by atoms with van der Waals surface area (Å²) in [6.07, 6.45) is 5.56. The van der Waals surface area contributed by atoms with Gasteiger partial charge in [0.1, 0.15) is 10.4 Å². The largest absolute Gasteiger partial charge is 0.473 e. The van der Waals surface area contributed by atoms with E-state index in [1.54, 1.807) is 14.2 Å². The Morgan fingerprint density at radius 2 is 1.66 bits per heavy atom. The summed E-state index contributed by atoms with van der Waals surface area (Å²) in [6.45, 7) is 4.86. The van der Waals surface area contributed by atoms with Crippen LogP contribution in [0.5, 0.6) is 10.4 Å². The standard InChI is InChI=1S/C23H33N7O4S4/c1-5-7-13(11-31)24-15-9-30(10-16-17(15)26-22(33-3)35-16)38-37-21-27-19(25-14(12-32)8-6-2)18-20(28-21)29-23(34-4)36-18/h9,13-14,24,31-32H,5-8,10-12H2,1-4H3,(H,25,27,28)/t13-,14-/m1/s1. The molecule has 4 N–H and O–H groups in total. The summed E-state index contributed by atoms with van der Waals surface area (Å²) in [4.78, 5) is 19.6. The lowest BCUT2D eigenvalue weighted by molar-refractivity contribution is 0.246. The summed E-state index contributed by atoms with van der Waals surface area (Å²) in [6, 6.07) is -0.177. The van der Waals surface area contributed by atoms with Crippen LogP contribution in [-0.4, -0.2) is 74.0 Å². The lowest BCUT2D eigenvalue weighted by Crippen LogP contribution is -2.33. The van der Waals surface area contributed by atoms with E-state index in [-0.39, 0.29) is 25.3 Å². The maximum Gasteiger partial charge on any atom is 0.275 e. The van der Waals surface area contributed by atoms with Crippen LogP contribution < -0.4 is 20.1 Å². The summed E-state index contributed by atoms with van der Waals surface area (Å²) >= 11 is 2.88. The molecule has 38 heavy (non-hydrogen) atoms. The molecule has 208 valence electrons. The van der Waals surface area contributed by atoms with Gasteiger partial charge in [-0.15, -0.1) is 0 Å². The van der Waals surface area contributed by atoms with Crippen LogP contribution in [0.1, 0.15) is 50.1 Å². The van der Waals surface area contributed by atoms with Crippen LogP contribution in [0.3, 0.4) is 0 Å². The predicted molar refractivity (Wildman–Crippen MR) is 156 cm³/mol. The SMILES string of the molecule is CCC[C@H](CO)NC1=CN(SSc2nc(N[C@@H](CO)CCC)c3sc(OC)nc3n2)Cc2sc(OC)nc21. The molecule has 0 bridgehead atoms. The Kier molecular flexibility index (Phi) is 10.6. The average molecular weight is 600 g/mol. The van der Waals surface area contributed by atoms with Crippen molar-refractivity contribution in [3.05, 3.63) is 16.8 Å². The molecule has 3 aromatic rings. The van der Waals surface area contributed by atoms with E-state index in [2.05, 4.69) is 43.7 Å². The van der Waals surface area contributed by atoms with Gasteiger partial charge in [-0.1, -0.05) is 49.4 Å². The first-order chi connectivity index (χ1) is 18.5. The first-order valence-corrected chi connectivity index (χ1v) is 16.1. The highest BCUT2D eigenvalue weighted by Gasteiger charge is 2.26. The number of thiazole rings is 2. The Balaban J connectivity index is 1.57. The number of aliphatic hydroxyl groups is 2. The van der Waals surface area contributed by atoms with E-state index in [0.29, 0.717) is 33.6 Å². The van der Waals surface area contributed by atoms with E-state index < -0.39 is 0 Å². The molecule has 15 heteroatoms. The average Bonchev–Trinajstić information content (AvgIpc) is 3.55. The van der Waals surface area contributed by atoms with Crippen molar-refractivity contribution in [2.45, 2.75) is 63.3 Å². The topological polar surface area (TPSA) is 138 Å². The summed E-state index contributed by atoms with van der Waals surface area (Å²) in [5.74, 6) is 0.641. The molecule has 1 aliphatic rings. The maximum absolute atomic E-state index is 9.84. The van der Waals surface area contributed by atoms with Crippen LogP contribution in [0.4, 0.5) is 5.82 Å². The third-order valence-corrected chi connectivity index (χ3v) is 9.78. The van der Waals surface area contributed by atoms with Gasteiger partial charge in [-0.2, -0.15) is 4.98 Å². The molecule has 0 saturated heterocycles. The normalized spacial score (nSPS) is 14.7. The van der Waals surface area contributed by atoms with E-state index in [1.807, 2.05) is 6.20 Å². The zero-order valence-corrected chi connectivity index (χ0v) is 25.0. The van der Waals surface area contributed by atoms with Crippen molar-refractivity contribution in [2.24, 2.45) is 0 Å². The fourth-order valence-electron chi connectivity index (χ4n) is 3.90. The van der Waals surface area contributed by atoms with Gasteiger partial charge >= 0.3 is 0 Å². The van der Waals surface area contributed by atoms with Crippen molar-refractivity contribution in [3.8, 4) is 10.4 Å². The molecule has 0 radical (unpaired) electrons. The quantitative estimate of drug-likeness (QED) is 0.112. The van der Waals surface area contributed by atoms with Gasteiger partial charge in [0.25, 0.3) is 10.4 Å². The highest BCUT2D eigenvalue weighted by molar-refractivity contribution is 8.75. The zero-order valence-electron chi connectivity index (χ0n) is 21.8. The molecular weight excluding hydrogens is 567 g/mol. The molecule has 11 nitrogen and oxygen atoms in total. The van der Waals surface area contributed by atoms with Crippen LogP contribution in [-0.2, 0) is 6.54 Å². The molecule has 3 aromatic heterocycles. The van der Waals surface area contributed by atoms with Crippen molar-refractivity contribution in [2.75, 3.05) is 32.8 Å². The van der Waals surface area contributed by atoms with Crippen LogP contribution in [0.2, 0.25) is 0 Å². The predicted octanol–water partition coefficient (Wildman–Crippen LogP) is 4.35. The van der Waals surface area contributed by atoms with Gasteiger partial charge in [0.2, 0.25) is 5.16 Å². The highest BCUT2D eigenvalue weighted by atomic mass is 33.1. The number of aromatic nitrogens is 4. The number of methoxy groups -OCH3 is 2. The molecule has 0 spiro atoms. The molecule has 1 aliphatic heterocycles. The molecule has 4 heterocycles. The first-order valence-electron chi connectivity index (χ1n) is 12.4. The fraction of sp³-hybridized carbons (Fsp3) is 0.565. The number of rotatable bonds is 15. The van der Waals surface area contributed by atoms with Gasteiger partial charge < -0.3 is 34.6 Å². The van der Waals surface area contributed by atoms with Crippen molar-refractivity contribution in [3.63, 3.8) is 0 Å². The Morgan fingerprint density at radius 1 is 0.974 bits per heavy atom. The van der Waals surface area contributed by atoms with Crippen LogP contribution in [0.15, 0.2) is 11.4 Å². The van der Waals surface area contributed by atoms with Crippen molar-refractivity contribution in [1.29, 1.82) is 0 Å². The number of nitrogens with zero attached hydrogens (tertiary/aromatic N) is 5. The molecule has 0 aliphatic carbocycles. The number of ether oxygens (including phenoxy) is 2. The van der Waals surface area contributed by atoms with E-state index >= 15 is 0 Å². The van der Waals surface area contributed by atoms with Gasteiger partial charge in [-0.05, 0) is 12.8 Å². The number of nitrogens with one attached hydrogen (secondary N) is 2. The lowest BCUT2D eigenvalue weighted by atomic mass is 10.1. The second-order valence-corrected chi connectivity index (χ2v) is 12.7. The highest BCUT2D eigenvalue weighted by Crippen LogP contribution is 2.42. The van der Waals surface area contributed by atoms with Crippen LogP contribution in [0.25, 0.3) is 16.0 Å². The van der Waals surface area contributed by atoms with Crippen molar-refractivity contribution in [1.82, 2.24) is 29.6 Å². The minimum absolute atomic E-state index is 0.00829. The Labute approximate surface area is 238 Å². The Morgan fingerprint density at radius 3 is 2.32 bits per heavy atom. The molecule has 0 fully saturated rings. The van der Waals surface area contributed by atoms with Crippen LogP contribution >= 0.6 is 44.4 Å². The number of aliphatic hydroxyl groups excluding tert-OH is 2. The smallest absolute Gasteiger partial charge is 0.275 e. The number of fused-ring (bicyclic) bond motifs is 2. The number of anilines is 1. The first kappa shape index (κ1) is 29.0. The molecule has 2 atom stereocenters. The Bertz CT molecular complexity index is 1240. The summed E-state index contributed by atoms with van der Waals surface area (Å²) in [7, 11) is 6.11. The lowest BCUT2D eigenvalue weighted by Gasteiger charge is -2.27. The van der Waals surface area contributed by atoms with E-state index in [0.717, 1.165) is 46.7 Å². The minimum atomic E-state index is -0.113. The Hall–Kier alpha value is -2.04. The maximum atomic E-state index is 9.84. The monoisotopic (exact) mass is 599 g/mol. The summed E-state index contributed by atoms with van der Waals surface area (Å²) in [5, 5.41) is 28.1. The van der Waals surface area contributed by atoms with E-state index in [4.69, 9.17) is 14.5 Å². The van der Waals surface area contributed by atoms with Gasteiger partial charge in [0.15, 0.2) is 11.5 Å². The van der Waals surface area contributed by atoms with E-state index in [9.17, 15) is 10.2 Å². The fourth-order valence-corrected chi connectivity index (χ4v) is 7.38. The second-order valence-electron chi connectivity index (χ2n) is 8.55. The third-order valence-electron chi connectivity index (χ3n) is 5.69. The second kappa shape index (κ2) is 13.8. The molecule has 0 aromatic carbocycles. The summed E-state index contributed by atoms with van der Waals surface area (Å²) < 4.78 is 13.6. The van der Waals surface area contributed by atoms with Gasteiger partial charge in [-0.25, -0.2) is 15.0 Å². The van der Waals surface area contributed by atoms with Crippen LogP contribution in [0, 0.1) is 0 Å². The molecule has 0 saturated carbocycles. The number of hydrogen-bond donors (Lipinski definition) is 4. The van der Waals surface area contributed by atoms with Crippen molar-refractivity contribution >= 4 is 66.3 Å². The van der Waals surface area contributed by atoms with Gasteiger partial charge in [0, 0.05) is 34.0 Å². The molecule has 0 unspecified atom stereocenters. The van der Waals surface area contributed by atoms with Gasteiger partial charge in [0.05, 0.1) is 50.6 Å². The van der Waals surface area contributed by atoms with E-state index in [1.165, 1.54) is 44.4 Å². The molecule has 4 rings (SSSR count). The molecular formula is C23H33N7O4S4. The molecule has 0 amide bonds. The zero-order chi connectivity index (χ0) is 27.1. The van der Waals surface area contributed by atoms with Crippen molar-refractivity contribution < 1.29 is 19.7 Å². The third kappa shape index (κ3) is 6.93. The number of hydrogen-bond acceptors (Lipinski definition) is 15. The summed E-state index contributed by atoms with van der Waals surface area (Å²) in [5.41, 5.74) is 2.25. The minimum Gasteiger partial charge on any atom is -0.473 e.